The van der Waals surface area contributed by atoms with Crippen LogP contribution in [0.1, 0.15) is 87.6 Å². The highest BCUT2D eigenvalue weighted by Crippen LogP contribution is 2.54. The predicted octanol–water partition coefficient (Wildman–Crippen LogP) is 8.79. The van der Waals surface area contributed by atoms with E-state index in [0.29, 0.717) is 11.1 Å². The predicted molar refractivity (Wildman–Crippen MR) is 305 cm³/mol. The smallest absolute Gasteiger partial charge is 0.406 e. The first-order chi connectivity index (χ1) is 38.8. The van der Waals surface area contributed by atoms with E-state index in [4.69, 9.17) is 36.4 Å². The molecule has 30 heteroatoms. The molecule has 0 aliphatic carbocycles. The summed E-state index contributed by atoms with van der Waals surface area (Å²) in [6.07, 6.45) is -1.74. The van der Waals surface area contributed by atoms with Crippen molar-refractivity contribution < 1.29 is 55.1 Å². The highest BCUT2D eigenvalue weighted by Gasteiger charge is 2.57. The van der Waals surface area contributed by atoms with Gasteiger partial charge in [-0.1, -0.05) is 77.9 Å². The van der Waals surface area contributed by atoms with Crippen LogP contribution in [0.4, 0.5) is 11.6 Å². The second-order valence-electron chi connectivity index (χ2n) is 22.9. The highest BCUT2D eigenvalue weighted by atomic mass is 31.2. The topological polar surface area (TPSA) is 325 Å². The summed E-state index contributed by atoms with van der Waals surface area (Å²) in [7, 11) is -15.0. The van der Waals surface area contributed by atoms with Crippen molar-refractivity contribution in [2.45, 2.75) is 140 Å². The molecule has 0 radical (unpaired) electrons. The minimum absolute atomic E-state index is 0.119. The fraction of sp³-hybridized carbons (Fsp3) is 0.500. The number of aromatic nitrogens is 8. The van der Waals surface area contributed by atoms with Gasteiger partial charge in [-0.3, -0.25) is 36.8 Å². The Morgan fingerprint density at radius 1 is 0.634 bits per heavy atom. The van der Waals surface area contributed by atoms with Gasteiger partial charge in [-0.05, 0) is 60.5 Å². The Balaban J connectivity index is 1.13. The van der Waals surface area contributed by atoms with Crippen molar-refractivity contribution in [3.63, 3.8) is 0 Å². The van der Waals surface area contributed by atoms with Crippen molar-refractivity contribution in [3.05, 3.63) is 97.1 Å². The van der Waals surface area contributed by atoms with Crippen molar-refractivity contribution in [1.29, 1.82) is 10.5 Å². The Bertz CT molecular complexity index is 3240. The van der Waals surface area contributed by atoms with Crippen LogP contribution in [0, 0.1) is 22.7 Å². The molecule has 26 nitrogen and oxygen atoms in total. The number of nitriles is 2. The van der Waals surface area contributed by atoms with Crippen LogP contribution in [-0.2, 0) is 45.6 Å². The maximum absolute atomic E-state index is 15.7. The Hall–Kier alpha value is -6.05. The highest BCUT2D eigenvalue weighted by molar-refractivity contribution is 7.52. The molecule has 0 spiro atoms. The SMILES string of the molecule is CC(C)(C)[Si](C)(C)O[C@@H]1[C@@H]2NP(=O)(OCCC#N)OC[C@H]3O[C@@H](n4cnc5c(NC(=O)c6ccccc6)ncnc54)[C@H](O[Si](C)(C)C(C)(C)C)[C@@H]3NP(=O)(OCCC#N)OC[C@H]2O[C@H]1n1cnc2c(NC(=O)c3ccccc3)ncnc21. The van der Waals surface area contributed by atoms with Gasteiger partial charge >= 0.3 is 15.5 Å². The molecule has 2 aromatic carbocycles. The summed E-state index contributed by atoms with van der Waals surface area (Å²) in [6, 6.07) is 18.9. The number of rotatable bonds is 16. The van der Waals surface area contributed by atoms with Gasteiger partial charge in [0.05, 0.1) is 76.1 Å². The monoisotopic (exact) mass is 1200 g/mol. The average Bonchev–Trinajstić information content (AvgIpc) is 4.35. The van der Waals surface area contributed by atoms with Gasteiger partial charge < -0.3 is 29.0 Å². The standard InChI is InChI=1S/C52H68N14O12P2Si2/c1-51(2,3)81(7,8)77-41-37-35(75-49(41)65-31-59-39-43(55-29-57-45(39)65)61-47(67)33-19-13-11-14-20-33)27-73-80(70,72-26-18-24-54)64-38-36(28-74-79(69,63-37)71-25-17-23-53)76-50(42(38)78-82(9,10)52(4,5)6)66-32-60-40-44(56-30-58-46(40)66)62-48(68)34-21-15-12-16-22-34/h11-16,19-22,29-32,35-38,41-42,49-50H,17-18,25-28H2,1-10H3,(H,63,69)(H,64,70)(H,55,57,61,67)(H,56,58,62,68)/t35-,36-,37-,38-,41-,42-,49-,50-,79?,80?/m1/s1. The molecule has 0 bridgehead atoms. The van der Waals surface area contributed by atoms with Crippen molar-refractivity contribution in [2.75, 3.05) is 37.1 Å². The third-order valence-corrected chi connectivity index (χ3v) is 27.6. The lowest BCUT2D eigenvalue weighted by molar-refractivity contribution is -0.0469. The molecule has 82 heavy (non-hydrogen) atoms. The maximum atomic E-state index is 15.7. The van der Waals surface area contributed by atoms with Crippen molar-refractivity contribution >= 4 is 77.9 Å². The zero-order valence-electron chi connectivity index (χ0n) is 47.2. The average molecular weight is 1200 g/mol. The van der Waals surface area contributed by atoms with Crippen LogP contribution in [0.15, 0.2) is 86.0 Å². The number of hydrogen-bond acceptors (Lipinski definition) is 20. The molecule has 6 aromatic rings. The number of ether oxygens (including phenoxy) is 2. The van der Waals surface area contributed by atoms with Gasteiger partial charge in [0.15, 0.2) is 63.1 Å². The van der Waals surface area contributed by atoms with Gasteiger partial charge in [-0.2, -0.15) is 10.5 Å². The van der Waals surface area contributed by atoms with Crippen LogP contribution in [0.25, 0.3) is 22.3 Å². The molecule has 3 aliphatic heterocycles. The number of amides is 2. The number of carbonyl (C=O) groups excluding carboxylic acids is 2. The molecule has 3 saturated heterocycles. The van der Waals surface area contributed by atoms with E-state index in [9.17, 15) is 20.1 Å². The maximum Gasteiger partial charge on any atom is 0.406 e. The van der Waals surface area contributed by atoms with Crippen LogP contribution < -0.4 is 20.8 Å². The van der Waals surface area contributed by atoms with Crippen LogP contribution in [0.5, 0.6) is 0 Å². The summed E-state index contributed by atoms with van der Waals surface area (Å²) in [5, 5.41) is 30.6. The quantitative estimate of drug-likeness (QED) is 0.0399. The van der Waals surface area contributed by atoms with Gasteiger partial charge in [-0.25, -0.2) is 49.2 Å². The summed E-state index contributed by atoms with van der Waals surface area (Å²) in [6.45, 7) is 18.7. The molecular formula is C52H68N14O12P2Si2. The Kier molecular flexibility index (Phi) is 17.9. The van der Waals surface area contributed by atoms with Crippen molar-refractivity contribution in [2.24, 2.45) is 0 Å². The van der Waals surface area contributed by atoms with Crippen molar-refractivity contribution in [1.82, 2.24) is 49.2 Å². The van der Waals surface area contributed by atoms with E-state index in [1.54, 1.807) is 69.8 Å². The number of nitrogens with one attached hydrogen (secondary N) is 4. The second kappa shape index (κ2) is 24.3. The number of fused-ring (bicyclic) bond motifs is 4. The van der Waals surface area contributed by atoms with E-state index in [0.717, 1.165) is 0 Å². The van der Waals surface area contributed by atoms with E-state index in [-0.39, 0.29) is 60.0 Å². The zero-order chi connectivity index (χ0) is 58.8. The summed E-state index contributed by atoms with van der Waals surface area (Å²) in [4.78, 5) is 54.0. The first-order valence-corrected chi connectivity index (χ1v) is 35.6. The number of imidazole rings is 2. The molecule has 4 N–H and O–H groups in total. The van der Waals surface area contributed by atoms with Crippen LogP contribution >= 0.6 is 15.5 Å². The van der Waals surface area contributed by atoms with E-state index in [1.165, 1.54) is 25.3 Å². The number of anilines is 2. The van der Waals surface area contributed by atoms with Gasteiger partial charge in [0.2, 0.25) is 0 Å². The molecule has 2 amide bonds. The molecule has 436 valence electrons. The van der Waals surface area contributed by atoms with E-state index < -0.39 is 116 Å². The van der Waals surface area contributed by atoms with Crippen molar-refractivity contribution in [3.8, 4) is 12.1 Å². The van der Waals surface area contributed by atoms with E-state index in [2.05, 4.69) is 92.3 Å². The minimum atomic E-state index is -4.62. The van der Waals surface area contributed by atoms with Gasteiger partial charge in [0, 0.05) is 11.1 Å². The van der Waals surface area contributed by atoms with Crippen LogP contribution in [0.2, 0.25) is 36.3 Å². The van der Waals surface area contributed by atoms with Gasteiger partial charge in [0.1, 0.15) is 37.1 Å². The lowest BCUT2D eigenvalue weighted by Crippen LogP contribution is -2.54. The molecule has 3 fully saturated rings. The number of hydrogen-bond donors (Lipinski definition) is 4. The van der Waals surface area contributed by atoms with Crippen LogP contribution in [-0.4, -0.2) is 130 Å². The lowest BCUT2D eigenvalue weighted by Gasteiger charge is -2.41. The fourth-order valence-electron chi connectivity index (χ4n) is 8.96. The summed E-state index contributed by atoms with van der Waals surface area (Å²) in [5.74, 6) is -0.623. The Labute approximate surface area is 476 Å². The third kappa shape index (κ3) is 13.0. The third-order valence-electron chi connectivity index (χ3n) is 15.4. The Morgan fingerprint density at radius 3 is 1.37 bits per heavy atom. The molecule has 7 heterocycles. The Morgan fingerprint density at radius 2 is 1.01 bits per heavy atom. The molecule has 10 atom stereocenters. The van der Waals surface area contributed by atoms with Gasteiger partial charge in [0.25, 0.3) is 11.8 Å². The van der Waals surface area contributed by atoms with Gasteiger partial charge in [-0.15, -0.1) is 0 Å². The molecular weight excluding hydrogens is 1130 g/mol. The summed E-state index contributed by atoms with van der Waals surface area (Å²) in [5.41, 5.74) is 1.69. The fourth-order valence-corrected chi connectivity index (χ4v) is 14.7. The number of carbonyl (C=O) groups is 2. The first kappa shape index (κ1) is 60.5. The molecule has 2 unspecified atom stereocenters. The van der Waals surface area contributed by atoms with E-state index >= 15 is 9.13 Å². The molecule has 4 aromatic heterocycles. The van der Waals surface area contributed by atoms with E-state index in [1.807, 2.05) is 38.3 Å². The lowest BCUT2D eigenvalue weighted by atomic mass is 10.1. The largest absolute Gasteiger partial charge is 0.408 e. The second-order valence-corrected chi connectivity index (χ2v) is 36.0. The first-order valence-electron chi connectivity index (χ1n) is 26.7. The normalized spacial score (nSPS) is 26.4. The minimum Gasteiger partial charge on any atom is -0.408 e. The summed E-state index contributed by atoms with van der Waals surface area (Å²) < 4.78 is 88.3. The molecule has 3 aliphatic rings. The van der Waals surface area contributed by atoms with Crippen LogP contribution in [0.3, 0.4) is 0 Å². The number of benzene rings is 2. The molecule has 0 saturated carbocycles. The number of nitrogens with zero attached hydrogens (tertiary/aromatic N) is 10. The zero-order valence-corrected chi connectivity index (χ0v) is 51.0. The molecule has 9 rings (SSSR count). The summed E-state index contributed by atoms with van der Waals surface area (Å²) >= 11 is 0.